The predicted octanol–water partition coefficient (Wildman–Crippen LogP) is 6.20. The van der Waals surface area contributed by atoms with Gasteiger partial charge in [0.15, 0.2) is 11.3 Å². The van der Waals surface area contributed by atoms with Crippen molar-refractivity contribution in [3.8, 4) is 5.75 Å². The standard InChI is InChI=1S/C19H11Cl3N2O3/c1-26-15-5-3-10(19(25)24-17-12(21)7-23-8-13(17)22)16-11-6-9(20)2-4-14(11)27-18(15)16/h2-8H,1H3,(H,23,24,25). The molecule has 8 heteroatoms. The zero-order valence-corrected chi connectivity index (χ0v) is 16.1. The van der Waals surface area contributed by atoms with Gasteiger partial charge in [0.1, 0.15) is 5.58 Å². The Morgan fingerprint density at radius 1 is 1.11 bits per heavy atom. The van der Waals surface area contributed by atoms with Gasteiger partial charge in [-0.25, -0.2) is 0 Å². The lowest BCUT2D eigenvalue weighted by Gasteiger charge is -2.10. The second kappa shape index (κ2) is 6.93. The molecule has 2 aromatic heterocycles. The van der Waals surface area contributed by atoms with Gasteiger partial charge in [-0.3, -0.25) is 9.78 Å². The summed E-state index contributed by atoms with van der Waals surface area (Å²) in [6, 6.07) is 8.52. The lowest BCUT2D eigenvalue weighted by molar-refractivity contribution is 0.102. The molecule has 0 aliphatic rings. The maximum absolute atomic E-state index is 13.0. The van der Waals surface area contributed by atoms with Gasteiger partial charge in [-0.15, -0.1) is 0 Å². The SMILES string of the molecule is COc1ccc(C(=O)Nc2c(Cl)cncc2Cl)c2c1oc1ccc(Cl)cc12. The van der Waals surface area contributed by atoms with Gasteiger partial charge in [0.2, 0.25) is 0 Å². The maximum Gasteiger partial charge on any atom is 0.256 e. The number of rotatable bonds is 3. The summed E-state index contributed by atoms with van der Waals surface area (Å²) in [5.41, 5.74) is 1.70. The van der Waals surface area contributed by atoms with Crippen molar-refractivity contribution < 1.29 is 13.9 Å². The summed E-state index contributed by atoms with van der Waals surface area (Å²) < 4.78 is 11.3. The summed E-state index contributed by atoms with van der Waals surface area (Å²) in [4.78, 5) is 16.9. The fourth-order valence-corrected chi connectivity index (χ4v) is 3.52. The van der Waals surface area contributed by atoms with Crippen LogP contribution >= 0.6 is 34.8 Å². The van der Waals surface area contributed by atoms with Gasteiger partial charge >= 0.3 is 0 Å². The number of methoxy groups -OCH3 is 1. The first-order chi connectivity index (χ1) is 13.0. The summed E-state index contributed by atoms with van der Waals surface area (Å²) >= 11 is 18.3. The Hall–Kier alpha value is -2.47. The summed E-state index contributed by atoms with van der Waals surface area (Å²) in [5, 5.41) is 5.03. The molecule has 0 atom stereocenters. The summed E-state index contributed by atoms with van der Waals surface area (Å²) in [5.74, 6) is 0.106. The molecule has 0 bridgehead atoms. The summed E-state index contributed by atoms with van der Waals surface area (Å²) in [6.07, 6.45) is 2.80. The third kappa shape index (κ3) is 3.08. The number of hydrogen-bond acceptors (Lipinski definition) is 4. The number of nitrogens with one attached hydrogen (secondary N) is 1. The van der Waals surface area contributed by atoms with Gasteiger partial charge in [-0.05, 0) is 30.3 Å². The molecule has 0 saturated carbocycles. The van der Waals surface area contributed by atoms with E-state index in [4.69, 9.17) is 44.0 Å². The number of pyridine rings is 1. The van der Waals surface area contributed by atoms with Crippen molar-refractivity contribution in [1.82, 2.24) is 4.98 Å². The minimum Gasteiger partial charge on any atom is -0.493 e. The topological polar surface area (TPSA) is 64.4 Å². The van der Waals surface area contributed by atoms with Gasteiger partial charge in [-0.1, -0.05) is 34.8 Å². The number of furan rings is 1. The van der Waals surface area contributed by atoms with Crippen LogP contribution in [0.25, 0.3) is 21.9 Å². The molecule has 136 valence electrons. The van der Waals surface area contributed by atoms with E-state index in [0.29, 0.717) is 38.3 Å². The lowest BCUT2D eigenvalue weighted by atomic mass is 10.0. The first kappa shape index (κ1) is 17.9. The second-order valence-corrected chi connectivity index (χ2v) is 6.95. The van der Waals surface area contributed by atoms with E-state index in [9.17, 15) is 4.79 Å². The van der Waals surface area contributed by atoms with E-state index in [2.05, 4.69) is 10.3 Å². The van der Waals surface area contributed by atoms with Crippen LogP contribution in [0.15, 0.2) is 47.1 Å². The van der Waals surface area contributed by atoms with Crippen molar-refractivity contribution in [1.29, 1.82) is 0 Å². The molecule has 2 heterocycles. The highest BCUT2D eigenvalue weighted by atomic mass is 35.5. The van der Waals surface area contributed by atoms with E-state index in [1.807, 2.05) is 0 Å². The number of aromatic nitrogens is 1. The van der Waals surface area contributed by atoms with Gasteiger partial charge in [0.05, 0.1) is 28.4 Å². The van der Waals surface area contributed by atoms with Crippen LogP contribution in [0.1, 0.15) is 10.4 Å². The molecule has 5 nitrogen and oxygen atoms in total. The largest absolute Gasteiger partial charge is 0.493 e. The average Bonchev–Trinajstić information content (AvgIpc) is 3.02. The van der Waals surface area contributed by atoms with Gasteiger partial charge < -0.3 is 14.5 Å². The maximum atomic E-state index is 13.0. The minimum atomic E-state index is -0.402. The average molecular weight is 422 g/mol. The van der Waals surface area contributed by atoms with Crippen LogP contribution in [0.3, 0.4) is 0 Å². The number of amides is 1. The number of nitrogens with zero attached hydrogens (tertiary/aromatic N) is 1. The van der Waals surface area contributed by atoms with E-state index in [1.165, 1.54) is 19.5 Å². The molecule has 27 heavy (non-hydrogen) atoms. The number of halogens is 3. The van der Waals surface area contributed by atoms with E-state index in [1.54, 1.807) is 30.3 Å². The first-order valence-electron chi connectivity index (χ1n) is 7.78. The van der Waals surface area contributed by atoms with Crippen molar-refractivity contribution in [3.63, 3.8) is 0 Å². The van der Waals surface area contributed by atoms with E-state index in [0.717, 1.165) is 0 Å². The molecule has 0 unspecified atom stereocenters. The quantitative estimate of drug-likeness (QED) is 0.427. The van der Waals surface area contributed by atoms with Crippen LogP contribution < -0.4 is 10.1 Å². The molecule has 2 aromatic carbocycles. The van der Waals surface area contributed by atoms with E-state index in [-0.39, 0.29) is 15.7 Å². The number of benzene rings is 2. The van der Waals surface area contributed by atoms with Crippen LogP contribution in [0.2, 0.25) is 15.1 Å². The smallest absolute Gasteiger partial charge is 0.256 e. The molecule has 0 aliphatic carbocycles. The van der Waals surface area contributed by atoms with Crippen molar-refractivity contribution >= 4 is 68.3 Å². The van der Waals surface area contributed by atoms with Gasteiger partial charge in [0, 0.05) is 28.2 Å². The highest BCUT2D eigenvalue weighted by Gasteiger charge is 2.21. The van der Waals surface area contributed by atoms with Crippen LogP contribution in [0.5, 0.6) is 5.75 Å². The fourth-order valence-electron chi connectivity index (χ4n) is 2.89. The van der Waals surface area contributed by atoms with Crippen molar-refractivity contribution in [2.45, 2.75) is 0 Å². The van der Waals surface area contributed by atoms with Crippen LogP contribution in [0.4, 0.5) is 5.69 Å². The third-order valence-electron chi connectivity index (χ3n) is 4.10. The number of anilines is 1. The van der Waals surface area contributed by atoms with Crippen molar-refractivity contribution in [3.05, 3.63) is 63.4 Å². The number of ether oxygens (including phenoxy) is 1. The Morgan fingerprint density at radius 2 is 1.85 bits per heavy atom. The highest BCUT2D eigenvalue weighted by molar-refractivity contribution is 6.40. The molecular formula is C19H11Cl3N2O3. The monoisotopic (exact) mass is 420 g/mol. The molecular weight excluding hydrogens is 411 g/mol. The number of carbonyl (C=O) groups is 1. The molecule has 0 spiro atoms. The molecule has 0 radical (unpaired) electrons. The summed E-state index contributed by atoms with van der Waals surface area (Å²) in [7, 11) is 1.53. The van der Waals surface area contributed by atoms with Crippen molar-refractivity contribution in [2.75, 3.05) is 12.4 Å². The van der Waals surface area contributed by atoms with Gasteiger partial charge in [0.25, 0.3) is 5.91 Å². The van der Waals surface area contributed by atoms with E-state index < -0.39 is 5.91 Å². The molecule has 4 aromatic rings. The molecule has 0 saturated heterocycles. The first-order valence-corrected chi connectivity index (χ1v) is 8.92. The lowest BCUT2D eigenvalue weighted by Crippen LogP contribution is -2.13. The Morgan fingerprint density at radius 3 is 2.56 bits per heavy atom. The zero-order valence-electron chi connectivity index (χ0n) is 13.8. The third-order valence-corrected chi connectivity index (χ3v) is 4.91. The number of carbonyl (C=O) groups excluding carboxylic acids is 1. The normalized spacial score (nSPS) is 11.1. The van der Waals surface area contributed by atoms with Crippen LogP contribution in [-0.4, -0.2) is 18.0 Å². The number of hydrogen-bond donors (Lipinski definition) is 1. The Labute approximate surface area is 168 Å². The Bertz CT molecular complexity index is 1180. The minimum absolute atomic E-state index is 0.237. The van der Waals surface area contributed by atoms with Crippen LogP contribution in [-0.2, 0) is 0 Å². The van der Waals surface area contributed by atoms with Gasteiger partial charge in [-0.2, -0.15) is 0 Å². The predicted molar refractivity (Wildman–Crippen MR) is 107 cm³/mol. The molecule has 1 N–H and O–H groups in total. The Kier molecular flexibility index (Phi) is 4.60. The second-order valence-electron chi connectivity index (χ2n) is 5.69. The molecule has 0 fully saturated rings. The molecule has 1 amide bonds. The Balaban J connectivity index is 1.92. The zero-order chi connectivity index (χ0) is 19.1. The van der Waals surface area contributed by atoms with E-state index >= 15 is 0 Å². The molecule has 0 aliphatic heterocycles. The number of fused-ring (bicyclic) bond motifs is 3. The van der Waals surface area contributed by atoms with Crippen molar-refractivity contribution in [2.24, 2.45) is 0 Å². The molecule has 4 rings (SSSR count). The fraction of sp³-hybridized carbons (Fsp3) is 0.0526. The van der Waals surface area contributed by atoms with Crippen LogP contribution in [0, 0.1) is 0 Å². The highest BCUT2D eigenvalue weighted by Crippen LogP contribution is 2.39. The summed E-state index contributed by atoms with van der Waals surface area (Å²) in [6.45, 7) is 0.